The topological polar surface area (TPSA) is 113 Å². The van der Waals surface area contributed by atoms with E-state index in [2.05, 4.69) is 14.7 Å². The molecule has 1 aromatic heterocycles. The molecule has 0 saturated carbocycles. The number of halogens is 2. The number of benzene rings is 2. The van der Waals surface area contributed by atoms with Crippen LogP contribution in [-0.4, -0.2) is 30.7 Å². The molecule has 0 spiro atoms. The molecule has 0 radical (unpaired) electrons. The van der Waals surface area contributed by atoms with E-state index in [1.807, 2.05) is 6.07 Å². The van der Waals surface area contributed by atoms with Crippen LogP contribution in [0.2, 0.25) is 5.02 Å². The van der Waals surface area contributed by atoms with Crippen molar-refractivity contribution in [3.63, 3.8) is 0 Å². The number of ketones is 1. The van der Waals surface area contributed by atoms with Crippen LogP contribution in [0.3, 0.4) is 0 Å². The smallest absolute Gasteiger partial charge is 0.201 e. The Labute approximate surface area is 172 Å². The van der Waals surface area contributed by atoms with E-state index in [1.54, 1.807) is 6.07 Å². The van der Waals surface area contributed by atoms with Crippen LogP contribution >= 0.6 is 11.6 Å². The molecule has 7 nitrogen and oxygen atoms in total. The molecule has 0 aliphatic heterocycles. The van der Waals surface area contributed by atoms with Gasteiger partial charge in [-0.2, -0.15) is 5.26 Å². The molecule has 29 heavy (non-hydrogen) atoms. The first-order chi connectivity index (χ1) is 13.9. The maximum atomic E-state index is 15.0. The molecule has 2 aromatic carbocycles. The molecule has 1 N–H and O–H groups in total. The third-order valence-corrected chi connectivity index (χ3v) is 4.98. The highest BCUT2D eigenvalue weighted by Crippen LogP contribution is 2.27. The van der Waals surface area contributed by atoms with Crippen molar-refractivity contribution in [2.24, 2.45) is 0 Å². The predicted molar refractivity (Wildman–Crippen MR) is 106 cm³/mol. The number of aromatic nitrogens is 2. The molecule has 0 atom stereocenters. The Morgan fingerprint density at radius 2 is 2.03 bits per heavy atom. The van der Waals surface area contributed by atoms with Crippen LogP contribution in [0.1, 0.15) is 33.6 Å². The summed E-state index contributed by atoms with van der Waals surface area (Å²) in [6.07, 6.45) is 1.91. The number of carbonyl (C=O) groups excluding carboxylic acids is 1. The zero-order valence-corrected chi connectivity index (χ0v) is 16.5. The highest BCUT2D eigenvalue weighted by Gasteiger charge is 2.21. The minimum atomic E-state index is -2.71. The van der Waals surface area contributed by atoms with Gasteiger partial charge in [-0.1, -0.05) is 17.7 Å². The number of hydrogen-bond acceptors (Lipinski definition) is 6. The Balaban J connectivity index is 1.93. The predicted octanol–water partition coefficient (Wildman–Crippen LogP) is 2.57. The monoisotopic (exact) mass is 432 g/mol. The lowest BCUT2D eigenvalue weighted by Gasteiger charge is -2.10. The van der Waals surface area contributed by atoms with E-state index in [-0.39, 0.29) is 40.4 Å². The van der Waals surface area contributed by atoms with Crippen LogP contribution in [0.25, 0.3) is 11.0 Å². The number of rotatable bonds is 7. The number of nitrogens with one attached hydrogen (secondary N) is 1. The Kier molecular flexibility index (Phi) is 6.49. The molecule has 3 aromatic rings. The van der Waals surface area contributed by atoms with Crippen molar-refractivity contribution in [3.05, 3.63) is 69.8 Å². The van der Waals surface area contributed by atoms with E-state index in [0.717, 1.165) is 0 Å². The fourth-order valence-electron chi connectivity index (χ4n) is 2.80. The highest BCUT2D eigenvalue weighted by atomic mass is 35.5. The first-order valence-corrected chi connectivity index (χ1v) is 10.0. The van der Waals surface area contributed by atoms with Crippen LogP contribution in [0.5, 0.6) is 0 Å². The molecule has 0 aliphatic rings. The van der Waals surface area contributed by atoms with Gasteiger partial charge in [0.2, 0.25) is 10.9 Å². The van der Waals surface area contributed by atoms with Crippen molar-refractivity contribution in [2.75, 3.05) is 6.54 Å². The summed E-state index contributed by atoms with van der Waals surface area (Å²) in [6, 6.07) is 9.26. The van der Waals surface area contributed by atoms with Crippen molar-refractivity contribution in [2.45, 2.75) is 12.8 Å². The molecule has 3 rings (SSSR count). The maximum Gasteiger partial charge on any atom is 0.201 e. The van der Waals surface area contributed by atoms with Crippen molar-refractivity contribution in [1.29, 1.82) is 5.26 Å². The Morgan fingerprint density at radius 3 is 2.76 bits per heavy atom. The van der Waals surface area contributed by atoms with Gasteiger partial charge >= 0.3 is 0 Å². The van der Waals surface area contributed by atoms with Gasteiger partial charge in [-0.05, 0) is 42.7 Å². The van der Waals surface area contributed by atoms with Gasteiger partial charge in [0, 0.05) is 12.1 Å². The van der Waals surface area contributed by atoms with Gasteiger partial charge < -0.3 is 0 Å². The summed E-state index contributed by atoms with van der Waals surface area (Å²) < 4.78 is 38.2. The van der Waals surface area contributed by atoms with E-state index in [1.165, 1.54) is 30.5 Å². The second kappa shape index (κ2) is 9.05. The molecule has 0 fully saturated rings. The second-order valence-corrected chi connectivity index (χ2v) is 7.30. The van der Waals surface area contributed by atoms with Crippen LogP contribution in [0.4, 0.5) is 4.39 Å². The van der Waals surface area contributed by atoms with Gasteiger partial charge in [0.15, 0.2) is 11.5 Å². The summed E-state index contributed by atoms with van der Waals surface area (Å²) in [4.78, 5) is 21.1. The summed E-state index contributed by atoms with van der Waals surface area (Å²) in [5.41, 5.74) is 1.07. The molecule has 148 valence electrons. The lowest BCUT2D eigenvalue weighted by Crippen LogP contribution is -2.14. The van der Waals surface area contributed by atoms with Gasteiger partial charge in [0.25, 0.3) is 0 Å². The van der Waals surface area contributed by atoms with Gasteiger partial charge in [0.05, 0.1) is 27.8 Å². The number of fused-ring (bicyclic) bond motifs is 1. The maximum absolute atomic E-state index is 15.0. The average Bonchev–Trinajstić information content (AvgIpc) is 2.71. The molecule has 0 aliphatic carbocycles. The molecular formula is C19H14ClFN4O3S. The Hall–Kier alpha value is -2.93. The molecule has 0 amide bonds. The normalized spacial score (nSPS) is 11.0. The lowest BCUT2D eigenvalue weighted by atomic mass is 9.98. The quantitative estimate of drug-likeness (QED) is 0.337. The first kappa shape index (κ1) is 20.8. The SMILES string of the molecule is N#Cc1cnc2ccc(C(=O)c3c(Cl)ccc(CCCN[SH](=O)=O)c3F)cc2n1. The van der Waals surface area contributed by atoms with Crippen LogP contribution < -0.4 is 4.72 Å². The van der Waals surface area contributed by atoms with E-state index < -0.39 is 22.5 Å². The number of thiol groups is 1. The minimum absolute atomic E-state index is 0.0334. The second-order valence-electron chi connectivity index (χ2n) is 6.06. The van der Waals surface area contributed by atoms with Crippen LogP contribution in [-0.2, 0) is 17.3 Å². The Morgan fingerprint density at radius 1 is 1.24 bits per heavy atom. The third kappa shape index (κ3) is 4.74. The number of hydrogen-bond donors (Lipinski definition) is 2. The summed E-state index contributed by atoms with van der Waals surface area (Å²) in [6.45, 7) is 0.161. The van der Waals surface area contributed by atoms with Gasteiger partial charge in [0.1, 0.15) is 11.9 Å². The lowest BCUT2D eigenvalue weighted by molar-refractivity contribution is 0.103. The van der Waals surface area contributed by atoms with Crippen LogP contribution in [0, 0.1) is 17.1 Å². The van der Waals surface area contributed by atoms with Gasteiger partial charge in [-0.15, -0.1) is 0 Å². The molecule has 0 bridgehead atoms. The summed E-state index contributed by atoms with van der Waals surface area (Å²) in [5, 5.41) is 8.92. The van der Waals surface area contributed by atoms with E-state index in [4.69, 9.17) is 16.9 Å². The summed E-state index contributed by atoms with van der Waals surface area (Å²) in [7, 11) is -2.71. The fourth-order valence-corrected chi connectivity index (χ4v) is 3.37. The average molecular weight is 433 g/mol. The van der Waals surface area contributed by atoms with Crippen molar-refractivity contribution in [3.8, 4) is 6.07 Å². The first-order valence-electron chi connectivity index (χ1n) is 8.47. The zero-order chi connectivity index (χ0) is 21.0. The van der Waals surface area contributed by atoms with Crippen molar-refractivity contribution < 1.29 is 17.6 Å². The molecule has 0 unspecified atom stereocenters. The van der Waals surface area contributed by atoms with Gasteiger partial charge in [-0.3, -0.25) is 9.78 Å². The number of nitriles is 1. The minimum Gasteiger partial charge on any atom is -0.288 e. The molecule has 1 heterocycles. The van der Waals surface area contributed by atoms with Crippen molar-refractivity contribution in [1.82, 2.24) is 14.7 Å². The third-order valence-electron chi connectivity index (χ3n) is 4.18. The van der Waals surface area contributed by atoms with Crippen LogP contribution in [0.15, 0.2) is 36.5 Å². The summed E-state index contributed by atoms with van der Waals surface area (Å²) in [5.74, 6) is -1.37. The molecule has 10 heteroatoms. The van der Waals surface area contributed by atoms with E-state index >= 15 is 0 Å². The zero-order valence-electron chi connectivity index (χ0n) is 14.9. The number of aryl methyl sites for hydroxylation is 1. The summed E-state index contributed by atoms with van der Waals surface area (Å²) >= 11 is 6.09. The van der Waals surface area contributed by atoms with E-state index in [9.17, 15) is 17.6 Å². The standard InChI is InChI=1S/C19H14ClFN4O3S/c20-14-5-3-11(2-1-7-24-29(27)28)18(21)17(14)19(26)12-4-6-15-16(8-12)25-13(9-22)10-23-15/h3-6,8,10,29H,1-2,7H2,(H,24,27,28). The number of nitrogens with zero attached hydrogens (tertiary/aromatic N) is 3. The Bertz CT molecular complexity index is 1220. The largest absolute Gasteiger partial charge is 0.288 e. The molecule has 0 saturated heterocycles. The van der Waals surface area contributed by atoms with E-state index in [0.29, 0.717) is 17.5 Å². The molecular weight excluding hydrogens is 419 g/mol. The van der Waals surface area contributed by atoms with Crippen molar-refractivity contribution >= 4 is 39.3 Å². The number of carbonyl (C=O) groups is 1. The highest BCUT2D eigenvalue weighted by molar-refractivity contribution is 7.70. The van der Waals surface area contributed by atoms with Gasteiger partial charge in [-0.25, -0.2) is 22.5 Å². The fraction of sp³-hybridized carbons (Fsp3) is 0.158.